The molecule has 1 saturated heterocycles. The molecule has 0 spiro atoms. The van der Waals surface area contributed by atoms with E-state index in [2.05, 4.69) is 0 Å². The van der Waals surface area contributed by atoms with Crippen LogP contribution in [0.5, 0.6) is 0 Å². The van der Waals surface area contributed by atoms with Crippen LogP contribution in [0.2, 0.25) is 0 Å². The summed E-state index contributed by atoms with van der Waals surface area (Å²) in [5, 5.41) is 8.89. The van der Waals surface area contributed by atoms with E-state index in [0.717, 1.165) is 6.42 Å². The summed E-state index contributed by atoms with van der Waals surface area (Å²) in [6.45, 7) is 1.26. The average molecular weight is 484 g/mol. The summed E-state index contributed by atoms with van der Waals surface area (Å²) in [7, 11) is 0. The summed E-state index contributed by atoms with van der Waals surface area (Å²) in [6.07, 6.45) is -2.72. The number of fused-ring (bicyclic) bond motifs is 1. The maximum atomic E-state index is 14.1. The van der Waals surface area contributed by atoms with E-state index in [0.29, 0.717) is 32.1 Å². The van der Waals surface area contributed by atoms with Gasteiger partial charge in [-0.05, 0) is 50.4 Å². The highest BCUT2D eigenvalue weighted by Gasteiger charge is 2.71. The first-order valence-electron chi connectivity index (χ1n) is 11.8. The number of carboxylic acids is 1. The van der Waals surface area contributed by atoms with Crippen LogP contribution < -0.4 is 0 Å². The molecule has 11 heteroatoms. The van der Waals surface area contributed by atoms with E-state index in [1.807, 2.05) is 0 Å². The van der Waals surface area contributed by atoms with E-state index in [-0.39, 0.29) is 24.2 Å². The van der Waals surface area contributed by atoms with Crippen molar-refractivity contribution in [1.29, 1.82) is 0 Å². The molecule has 8 atom stereocenters. The third-order valence-corrected chi connectivity index (χ3v) is 8.98. The fraction of sp³-hybridized carbons (Fsp3) is 0.826. The van der Waals surface area contributed by atoms with Crippen LogP contribution in [-0.4, -0.2) is 58.5 Å². The second-order valence-corrected chi connectivity index (χ2v) is 11.3. The molecule has 0 radical (unpaired) electrons. The van der Waals surface area contributed by atoms with Gasteiger partial charge in [0, 0.05) is 25.2 Å². The number of ether oxygens (including phenoxy) is 4. The van der Waals surface area contributed by atoms with Crippen molar-refractivity contribution in [2.24, 2.45) is 35.5 Å². The van der Waals surface area contributed by atoms with Crippen LogP contribution in [0.4, 0.5) is 8.78 Å². The van der Waals surface area contributed by atoms with E-state index in [9.17, 15) is 28.0 Å². The van der Waals surface area contributed by atoms with Crippen LogP contribution in [0.15, 0.2) is 0 Å². The molecular weight excluding hydrogens is 458 g/mol. The van der Waals surface area contributed by atoms with E-state index in [1.54, 1.807) is 0 Å². The second-order valence-electron chi connectivity index (χ2n) is 11.3. The number of carbonyl (C=O) groups excluding carboxylic acids is 3. The summed E-state index contributed by atoms with van der Waals surface area (Å²) in [4.78, 5) is 48.7. The van der Waals surface area contributed by atoms with E-state index >= 15 is 0 Å². The van der Waals surface area contributed by atoms with Crippen LogP contribution in [0.1, 0.15) is 51.9 Å². The van der Waals surface area contributed by atoms with Crippen molar-refractivity contribution in [3.63, 3.8) is 0 Å². The number of alkyl halides is 2. The van der Waals surface area contributed by atoms with Crippen molar-refractivity contribution in [3.8, 4) is 0 Å². The van der Waals surface area contributed by atoms with Crippen LogP contribution in [0, 0.1) is 35.5 Å². The lowest BCUT2D eigenvalue weighted by molar-refractivity contribution is -0.329. The molecular formula is C23H26F2O9. The number of carboxylic acid groups (broad SMARTS) is 1. The molecule has 0 aromatic heterocycles. The van der Waals surface area contributed by atoms with Gasteiger partial charge in [0.15, 0.2) is 0 Å². The summed E-state index contributed by atoms with van der Waals surface area (Å²) in [6, 6.07) is 0. The largest absolute Gasteiger partial charge is 0.475 e. The van der Waals surface area contributed by atoms with Gasteiger partial charge in [0.05, 0.1) is 17.4 Å². The highest BCUT2D eigenvalue weighted by molar-refractivity contribution is 5.86. The minimum Gasteiger partial charge on any atom is -0.475 e. The Labute approximate surface area is 193 Å². The topological polar surface area (TPSA) is 125 Å². The van der Waals surface area contributed by atoms with E-state index in [1.165, 1.54) is 6.92 Å². The molecule has 6 bridgehead atoms. The predicted octanol–water partition coefficient (Wildman–Crippen LogP) is 2.05. The van der Waals surface area contributed by atoms with Crippen LogP contribution in [0.25, 0.3) is 0 Å². The standard InChI is InChI=1S/C23H26F2O9/c1-9(26)31-16-13-3-12-14(18(27)32-17(12)16)15(13)19(28)33-21-4-10-2-11(5-21)7-22(6-10,8-21)34-23(24,25)20(29)30/h10-17H,2-8H2,1H3,(H,29,30). The van der Waals surface area contributed by atoms with Gasteiger partial charge in [-0.15, -0.1) is 0 Å². The lowest BCUT2D eigenvalue weighted by atomic mass is 9.52. The number of aliphatic carboxylic acids is 1. The fourth-order valence-corrected chi connectivity index (χ4v) is 8.59. The second kappa shape index (κ2) is 6.89. The maximum Gasteiger partial charge on any atom is 0.456 e. The lowest BCUT2D eigenvalue weighted by Crippen LogP contribution is -2.63. The first kappa shape index (κ1) is 22.2. The Morgan fingerprint density at radius 2 is 1.71 bits per heavy atom. The molecule has 6 aliphatic carbocycles. The van der Waals surface area contributed by atoms with Crippen LogP contribution in [-0.2, 0) is 38.1 Å². The Kier molecular flexibility index (Phi) is 4.49. The smallest absolute Gasteiger partial charge is 0.456 e. The van der Waals surface area contributed by atoms with E-state index < -0.39 is 71.1 Å². The molecule has 1 aliphatic heterocycles. The first-order chi connectivity index (χ1) is 15.9. The monoisotopic (exact) mass is 484 g/mol. The molecule has 8 unspecified atom stereocenters. The molecule has 9 nitrogen and oxygen atoms in total. The molecule has 0 aromatic carbocycles. The van der Waals surface area contributed by atoms with Crippen molar-refractivity contribution in [2.45, 2.75) is 81.4 Å². The zero-order valence-electron chi connectivity index (χ0n) is 18.5. The van der Waals surface area contributed by atoms with Gasteiger partial charge < -0.3 is 24.1 Å². The molecule has 0 amide bonds. The molecule has 1 heterocycles. The normalized spacial score (nSPS) is 47.6. The predicted molar refractivity (Wildman–Crippen MR) is 104 cm³/mol. The minimum absolute atomic E-state index is 0.00641. The van der Waals surface area contributed by atoms with Gasteiger partial charge in [-0.2, -0.15) is 8.78 Å². The maximum absolute atomic E-state index is 14.1. The number of rotatable bonds is 6. The molecule has 186 valence electrons. The minimum atomic E-state index is -4.33. The molecule has 34 heavy (non-hydrogen) atoms. The van der Waals surface area contributed by atoms with Crippen molar-refractivity contribution >= 4 is 23.9 Å². The third kappa shape index (κ3) is 3.11. The number of carbonyl (C=O) groups is 4. The van der Waals surface area contributed by atoms with Gasteiger partial charge in [0.2, 0.25) is 0 Å². The summed E-state index contributed by atoms with van der Waals surface area (Å²) >= 11 is 0. The number of hydrogen-bond donors (Lipinski definition) is 1. The molecule has 7 fully saturated rings. The van der Waals surface area contributed by atoms with Crippen LogP contribution >= 0.6 is 0 Å². The van der Waals surface area contributed by atoms with Crippen molar-refractivity contribution in [2.75, 3.05) is 0 Å². The van der Waals surface area contributed by atoms with Gasteiger partial charge >= 0.3 is 30.0 Å². The van der Waals surface area contributed by atoms with E-state index in [4.69, 9.17) is 24.1 Å². The molecule has 6 saturated carbocycles. The Morgan fingerprint density at radius 1 is 1.06 bits per heavy atom. The Morgan fingerprint density at radius 3 is 2.32 bits per heavy atom. The average Bonchev–Trinajstić information content (AvgIpc) is 3.29. The van der Waals surface area contributed by atoms with Gasteiger partial charge in [-0.1, -0.05) is 0 Å². The van der Waals surface area contributed by atoms with Crippen molar-refractivity contribution in [1.82, 2.24) is 0 Å². The quantitative estimate of drug-likeness (QED) is 0.445. The zero-order valence-corrected chi connectivity index (χ0v) is 18.5. The number of halogens is 2. The Balaban J connectivity index is 1.25. The molecule has 0 aromatic rings. The number of hydrogen-bond acceptors (Lipinski definition) is 8. The first-order valence-corrected chi connectivity index (χ1v) is 11.8. The highest BCUT2D eigenvalue weighted by Crippen LogP contribution is 2.63. The molecule has 7 aliphatic rings. The van der Waals surface area contributed by atoms with Crippen molar-refractivity contribution < 1.29 is 52.0 Å². The van der Waals surface area contributed by atoms with Crippen molar-refractivity contribution in [3.05, 3.63) is 0 Å². The SMILES string of the molecule is CC(=O)OC1C2CC3C1OC(=O)C3C2C(=O)OC12CC3CC(C1)CC(OC(F)(F)C(=O)O)(C3)C2. The molecule has 1 N–H and O–H groups in total. The van der Waals surface area contributed by atoms with Gasteiger partial charge in [0.1, 0.15) is 17.8 Å². The summed E-state index contributed by atoms with van der Waals surface area (Å²) < 4.78 is 50.0. The Hall–Kier alpha value is -2.30. The zero-order chi connectivity index (χ0) is 24.2. The van der Waals surface area contributed by atoms with Gasteiger partial charge in [0.25, 0.3) is 0 Å². The summed E-state index contributed by atoms with van der Waals surface area (Å²) in [5.41, 5.74) is -2.42. The number of esters is 3. The summed E-state index contributed by atoms with van der Waals surface area (Å²) in [5.74, 6) is -6.13. The van der Waals surface area contributed by atoms with Gasteiger partial charge in [-0.3, -0.25) is 14.4 Å². The Bertz CT molecular complexity index is 965. The lowest BCUT2D eigenvalue weighted by Gasteiger charge is -2.60. The van der Waals surface area contributed by atoms with Crippen LogP contribution in [0.3, 0.4) is 0 Å². The van der Waals surface area contributed by atoms with Gasteiger partial charge in [-0.25, -0.2) is 4.79 Å². The molecule has 7 rings (SSSR count). The fourth-order valence-electron chi connectivity index (χ4n) is 8.59. The highest BCUT2D eigenvalue weighted by atomic mass is 19.3. The third-order valence-electron chi connectivity index (χ3n) is 8.98.